The molecule has 0 fully saturated rings. The minimum absolute atomic E-state index is 0.177. The average molecular weight is 603 g/mol. The molecule has 0 unspecified atom stereocenters. The van der Waals surface area contributed by atoms with Crippen LogP contribution in [0.15, 0.2) is 69.1 Å². The Hall–Kier alpha value is -1.90. The van der Waals surface area contributed by atoms with Gasteiger partial charge < -0.3 is 9.47 Å². The van der Waals surface area contributed by atoms with Crippen molar-refractivity contribution in [3.63, 3.8) is 0 Å². The minimum Gasteiger partial charge on any atom is -0.493 e. The Bertz CT molecular complexity index is 1180. The van der Waals surface area contributed by atoms with Gasteiger partial charge in [0.2, 0.25) is 5.91 Å². The summed E-state index contributed by atoms with van der Waals surface area (Å²) in [6, 6.07) is 16.3. The summed E-state index contributed by atoms with van der Waals surface area (Å²) >= 11 is 23.1. The lowest BCUT2D eigenvalue weighted by atomic mass is 10.2. The maximum absolute atomic E-state index is 12.1. The number of hydrogen-bond acceptors (Lipinski definition) is 5. The number of rotatable bonds is 10. The number of hydrogen-bond donors (Lipinski definition) is 1. The molecule has 0 aliphatic heterocycles. The summed E-state index contributed by atoms with van der Waals surface area (Å²) in [6.45, 7) is 0.239. The number of carbonyl (C=O) groups excluding carboxylic acids is 1. The van der Waals surface area contributed by atoms with E-state index in [4.69, 9.17) is 44.3 Å². The zero-order valence-corrected chi connectivity index (χ0v) is 22.7. The zero-order valence-electron chi connectivity index (χ0n) is 18.0. The number of hydrazone groups is 1. The highest BCUT2D eigenvalue weighted by atomic mass is 79.9. The topological polar surface area (TPSA) is 59.9 Å². The van der Waals surface area contributed by atoms with Crippen LogP contribution in [0.4, 0.5) is 0 Å². The summed E-state index contributed by atoms with van der Waals surface area (Å²) in [7, 11) is 1.55. The second-order valence-corrected chi connectivity index (χ2v) is 10.2. The number of benzene rings is 3. The Kier molecular flexibility index (Phi) is 10.4. The number of nitrogens with one attached hydrogen (secondary N) is 1. The molecule has 178 valence electrons. The minimum atomic E-state index is -0.177. The number of carbonyl (C=O) groups is 1. The van der Waals surface area contributed by atoms with E-state index in [1.54, 1.807) is 37.1 Å². The van der Waals surface area contributed by atoms with E-state index in [1.807, 2.05) is 36.4 Å². The lowest BCUT2D eigenvalue weighted by Gasteiger charge is -2.14. The van der Waals surface area contributed by atoms with Crippen molar-refractivity contribution in [2.75, 3.05) is 12.9 Å². The molecule has 0 aromatic heterocycles. The van der Waals surface area contributed by atoms with Crippen LogP contribution >= 0.6 is 62.5 Å². The molecule has 0 aliphatic rings. The molecule has 3 aromatic rings. The molecule has 0 saturated carbocycles. The Labute approximate surface area is 225 Å². The van der Waals surface area contributed by atoms with Crippen LogP contribution in [0.2, 0.25) is 15.1 Å². The fraction of sp³-hybridized carbons (Fsp3) is 0.167. The quantitative estimate of drug-likeness (QED) is 0.147. The van der Waals surface area contributed by atoms with Crippen LogP contribution in [-0.4, -0.2) is 25.0 Å². The van der Waals surface area contributed by atoms with Gasteiger partial charge in [-0.05, 0) is 70.0 Å². The summed E-state index contributed by atoms with van der Waals surface area (Å²) in [5.74, 6) is 1.48. The van der Waals surface area contributed by atoms with Crippen molar-refractivity contribution in [2.24, 2.45) is 5.10 Å². The molecule has 5 nitrogen and oxygen atoms in total. The van der Waals surface area contributed by atoms with Gasteiger partial charge in [0.25, 0.3) is 0 Å². The third-order valence-corrected chi connectivity index (χ3v) is 6.89. The van der Waals surface area contributed by atoms with Crippen molar-refractivity contribution in [2.45, 2.75) is 17.9 Å². The number of thioether (sulfide) groups is 1. The summed E-state index contributed by atoms with van der Waals surface area (Å²) < 4.78 is 12.1. The molecule has 34 heavy (non-hydrogen) atoms. The van der Waals surface area contributed by atoms with Gasteiger partial charge in [-0.15, -0.1) is 11.8 Å². The van der Waals surface area contributed by atoms with Gasteiger partial charge in [-0.3, -0.25) is 4.79 Å². The third kappa shape index (κ3) is 8.10. The van der Waals surface area contributed by atoms with E-state index in [0.717, 1.165) is 16.0 Å². The van der Waals surface area contributed by atoms with Crippen molar-refractivity contribution in [3.05, 3.63) is 85.3 Å². The first kappa shape index (κ1) is 26.7. The molecule has 0 heterocycles. The summed E-state index contributed by atoms with van der Waals surface area (Å²) in [5.41, 5.74) is 4.05. The fourth-order valence-corrected chi connectivity index (χ4v) is 4.79. The smallest absolute Gasteiger partial charge is 0.240 e. The van der Waals surface area contributed by atoms with Gasteiger partial charge in [-0.1, -0.05) is 40.9 Å². The molecule has 1 N–H and O–H groups in total. The van der Waals surface area contributed by atoms with Crippen LogP contribution in [0.3, 0.4) is 0 Å². The van der Waals surface area contributed by atoms with Gasteiger partial charge in [-0.25, -0.2) is 5.43 Å². The molecule has 1 amide bonds. The van der Waals surface area contributed by atoms with E-state index in [2.05, 4.69) is 26.5 Å². The molecular formula is C24H20BrCl3N2O3S. The Morgan fingerprint density at radius 1 is 1.09 bits per heavy atom. The highest BCUT2D eigenvalue weighted by Crippen LogP contribution is 2.37. The molecule has 0 saturated heterocycles. The lowest BCUT2D eigenvalue weighted by molar-refractivity contribution is -0.120. The Morgan fingerprint density at radius 3 is 2.53 bits per heavy atom. The normalized spacial score (nSPS) is 11.0. The maximum Gasteiger partial charge on any atom is 0.240 e. The van der Waals surface area contributed by atoms with E-state index >= 15 is 0 Å². The lowest BCUT2D eigenvalue weighted by Crippen LogP contribution is -2.17. The van der Waals surface area contributed by atoms with Crippen molar-refractivity contribution < 1.29 is 14.3 Å². The number of nitrogens with zero attached hydrogens (tertiary/aromatic N) is 1. The summed E-state index contributed by atoms with van der Waals surface area (Å²) in [4.78, 5) is 13.1. The highest BCUT2D eigenvalue weighted by Gasteiger charge is 2.13. The van der Waals surface area contributed by atoms with Gasteiger partial charge in [0, 0.05) is 37.7 Å². The second-order valence-electron chi connectivity index (χ2n) is 6.90. The van der Waals surface area contributed by atoms with Crippen LogP contribution in [0, 0.1) is 0 Å². The van der Waals surface area contributed by atoms with Crippen molar-refractivity contribution in [1.29, 1.82) is 0 Å². The molecule has 0 aliphatic carbocycles. The van der Waals surface area contributed by atoms with Gasteiger partial charge >= 0.3 is 0 Å². The molecule has 3 rings (SSSR count). The third-order valence-electron chi connectivity index (χ3n) is 4.45. The summed E-state index contributed by atoms with van der Waals surface area (Å²) in [6.07, 6.45) is 1.87. The van der Waals surface area contributed by atoms with Crippen LogP contribution < -0.4 is 14.9 Å². The van der Waals surface area contributed by atoms with E-state index in [0.29, 0.717) is 43.2 Å². The monoisotopic (exact) mass is 600 g/mol. The SMILES string of the molecule is COc1cc(/C=N\NC(=O)CCSc2ccc(Cl)cc2)cc(Br)c1OCc1ccc(Cl)cc1Cl. The largest absolute Gasteiger partial charge is 0.493 e. The highest BCUT2D eigenvalue weighted by molar-refractivity contribution is 9.10. The first-order chi connectivity index (χ1) is 16.4. The number of ether oxygens (including phenoxy) is 2. The molecule has 0 radical (unpaired) electrons. The fourth-order valence-electron chi connectivity index (χ4n) is 2.77. The maximum atomic E-state index is 12.1. The van der Waals surface area contributed by atoms with Gasteiger partial charge in [0.1, 0.15) is 6.61 Å². The predicted octanol–water partition coefficient (Wildman–Crippen LogP) is 7.63. The number of amides is 1. The van der Waals surface area contributed by atoms with E-state index in [1.165, 1.54) is 6.21 Å². The number of methoxy groups -OCH3 is 1. The van der Waals surface area contributed by atoms with Crippen LogP contribution in [0.25, 0.3) is 0 Å². The molecule has 3 aromatic carbocycles. The molecule has 10 heteroatoms. The van der Waals surface area contributed by atoms with Crippen LogP contribution in [-0.2, 0) is 11.4 Å². The molecule has 0 spiro atoms. The van der Waals surface area contributed by atoms with E-state index in [-0.39, 0.29) is 12.5 Å². The van der Waals surface area contributed by atoms with Gasteiger partial charge in [0.05, 0.1) is 17.8 Å². The number of halogens is 4. The second kappa shape index (κ2) is 13.3. The first-order valence-electron chi connectivity index (χ1n) is 10.00. The Morgan fingerprint density at radius 2 is 1.82 bits per heavy atom. The average Bonchev–Trinajstić information content (AvgIpc) is 2.80. The summed E-state index contributed by atoms with van der Waals surface area (Å²) in [5, 5.41) is 5.81. The van der Waals surface area contributed by atoms with Crippen LogP contribution in [0.5, 0.6) is 11.5 Å². The van der Waals surface area contributed by atoms with E-state index < -0.39 is 0 Å². The van der Waals surface area contributed by atoms with Crippen LogP contribution in [0.1, 0.15) is 17.5 Å². The molecule has 0 atom stereocenters. The zero-order chi connectivity index (χ0) is 24.5. The standard InChI is InChI=1S/C24H20BrCl3N2O3S/c1-32-22-11-15(10-20(25)24(22)33-14-16-2-3-18(27)12-21(16)28)13-29-30-23(31)8-9-34-19-6-4-17(26)5-7-19/h2-7,10-13H,8-9,14H2,1H3,(H,30,31)/b29-13-. The molecular weight excluding hydrogens is 583 g/mol. The first-order valence-corrected chi connectivity index (χ1v) is 12.9. The van der Waals surface area contributed by atoms with E-state index in [9.17, 15) is 4.79 Å². The predicted molar refractivity (Wildman–Crippen MR) is 144 cm³/mol. The van der Waals surface area contributed by atoms with Gasteiger partial charge in [-0.2, -0.15) is 5.10 Å². The van der Waals surface area contributed by atoms with Gasteiger partial charge in [0.15, 0.2) is 11.5 Å². The van der Waals surface area contributed by atoms with Crippen molar-refractivity contribution in [3.8, 4) is 11.5 Å². The Balaban J connectivity index is 1.54. The molecule has 0 bridgehead atoms. The van der Waals surface area contributed by atoms with Crippen molar-refractivity contribution in [1.82, 2.24) is 5.43 Å². The van der Waals surface area contributed by atoms with Crippen molar-refractivity contribution >= 4 is 74.6 Å².